The number of rotatable bonds is 0. The summed E-state index contributed by atoms with van der Waals surface area (Å²) in [6, 6.07) is 0. The van der Waals surface area contributed by atoms with Crippen LogP contribution in [0.15, 0.2) is 0 Å². The van der Waals surface area contributed by atoms with Crippen LogP contribution in [0.3, 0.4) is 0 Å². The van der Waals surface area contributed by atoms with Crippen molar-refractivity contribution in [3.05, 3.63) is 0 Å². The predicted molar refractivity (Wildman–Crippen MR) is 54.9 cm³/mol. The van der Waals surface area contributed by atoms with Crippen molar-refractivity contribution in [2.24, 2.45) is 5.73 Å². The zero-order valence-corrected chi connectivity index (χ0v) is 20.4. The molecule has 104 valence electrons. The molecule has 0 aromatic heterocycles. The molecule has 4 radical (unpaired) electrons. The van der Waals surface area contributed by atoms with Gasteiger partial charge in [-0.1, -0.05) is 14.9 Å². The molecule has 18 heavy (non-hydrogen) atoms. The average Bonchev–Trinajstić information content (AvgIpc) is 1.91. The number of hydrogen-bond donors (Lipinski definition) is 5. The third kappa shape index (κ3) is 254. The molecule has 0 heterocycles. The Morgan fingerprint density at radius 1 is 0.889 bits per heavy atom. The van der Waals surface area contributed by atoms with E-state index in [-0.39, 0.29) is 151 Å². The third-order valence-corrected chi connectivity index (χ3v) is 0.214. The van der Waals surface area contributed by atoms with E-state index in [4.69, 9.17) is 20.1 Å². The first-order valence-electron chi connectivity index (χ1n) is 2.41. The van der Waals surface area contributed by atoms with Crippen LogP contribution >= 0.6 is 0 Å². The van der Waals surface area contributed by atoms with Gasteiger partial charge in [0.25, 0.3) is 0 Å². The van der Waals surface area contributed by atoms with Crippen LogP contribution in [-0.2, 0) is 131 Å². The Balaban J connectivity index is -0.00000000584. The van der Waals surface area contributed by atoms with E-state index >= 15 is 0 Å². The quantitative estimate of drug-likeness (QED) is 0.276. The van der Waals surface area contributed by atoms with E-state index < -0.39 is 12.2 Å². The Labute approximate surface area is 209 Å². The first-order valence-corrected chi connectivity index (χ1v) is 2.41. The number of carboxylic acid groups (broad SMARTS) is 3. The molecule has 8 N–H and O–H groups in total. The minimum atomic E-state index is -1.83. The van der Waals surface area contributed by atoms with Gasteiger partial charge in [0.1, 0.15) is 0 Å². The second kappa shape index (κ2) is 72.6. The van der Waals surface area contributed by atoms with E-state index in [0.717, 1.165) is 0 Å². The number of carbonyl (C=O) groups is 2. The molecule has 0 saturated heterocycles. The maximum atomic E-state index is 9.26. The van der Waals surface area contributed by atoms with Crippen LogP contribution in [0.1, 0.15) is 14.9 Å². The van der Waals surface area contributed by atoms with Gasteiger partial charge in [-0.3, -0.25) is 0 Å². The van der Waals surface area contributed by atoms with Gasteiger partial charge >= 0.3 is 12.2 Å². The Kier molecular flexibility index (Phi) is 281. The van der Waals surface area contributed by atoms with Crippen LogP contribution < -0.4 is 11.1 Å². The fourth-order valence-corrected chi connectivity index (χ4v) is 0. The van der Waals surface area contributed by atoms with Crippen molar-refractivity contribution in [3.8, 4) is 0 Å². The average molecular weight is 574 g/mol. The SMILES string of the molecule is C.C.CN.CNC(=O)O.O.O=C(O)O.[Y].[Y].[Y].[Y]. The molecule has 0 aliphatic carbocycles. The number of amides is 1. The van der Waals surface area contributed by atoms with Crippen molar-refractivity contribution in [1.29, 1.82) is 0 Å². The Morgan fingerprint density at radius 3 is 0.944 bits per heavy atom. The maximum absolute atomic E-state index is 9.26. The molecule has 0 aromatic rings. The van der Waals surface area contributed by atoms with Crippen LogP contribution in [0.25, 0.3) is 0 Å². The van der Waals surface area contributed by atoms with Gasteiger partial charge in [0.05, 0.1) is 0 Å². The van der Waals surface area contributed by atoms with Crippen LogP contribution in [0.2, 0.25) is 0 Å². The zero-order chi connectivity index (χ0) is 9.86. The third-order valence-electron chi connectivity index (χ3n) is 0.214. The molecular weight excluding hydrogens is 552 g/mol. The molecule has 1 amide bonds. The summed E-state index contributed by atoms with van der Waals surface area (Å²) in [5.41, 5.74) is 4.50. The fraction of sp³-hybridized carbons (Fsp3) is 0.667. The van der Waals surface area contributed by atoms with Gasteiger partial charge < -0.3 is 31.8 Å². The summed E-state index contributed by atoms with van der Waals surface area (Å²) in [6.07, 6.45) is -2.83. The Morgan fingerprint density at radius 2 is 0.944 bits per heavy atom. The van der Waals surface area contributed by atoms with E-state index in [2.05, 4.69) is 5.73 Å². The smallest absolute Gasteiger partial charge is 0.465 e. The van der Waals surface area contributed by atoms with Crippen molar-refractivity contribution >= 4 is 12.2 Å². The molecule has 0 atom stereocenters. The summed E-state index contributed by atoms with van der Waals surface area (Å²) in [4.78, 5) is 17.8. The molecule has 0 bridgehead atoms. The molecule has 0 unspecified atom stereocenters. The van der Waals surface area contributed by atoms with Crippen LogP contribution in [0.5, 0.6) is 0 Å². The van der Waals surface area contributed by atoms with Crippen molar-refractivity contribution in [2.75, 3.05) is 14.1 Å². The van der Waals surface area contributed by atoms with Crippen LogP contribution in [0, 0.1) is 0 Å². The predicted octanol–water partition coefficient (Wildman–Crippen LogP) is 0.119. The summed E-state index contributed by atoms with van der Waals surface area (Å²) >= 11 is 0. The van der Waals surface area contributed by atoms with E-state index in [9.17, 15) is 4.79 Å². The van der Waals surface area contributed by atoms with Crippen LogP contribution in [0.4, 0.5) is 9.59 Å². The first-order chi connectivity index (χ1) is 5.00. The summed E-state index contributed by atoms with van der Waals surface area (Å²) < 4.78 is 0. The van der Waals surface area contributed by atoms with Gasteiger partial charge in [-0.25, -0.2) is 9.59 Å². The normalized spacial score (nSPS) is 3.50. The molecule has 12 heteroatoms. The van der Waals surface area contributed by atoms with Gasteiger partial charge in [0, 0.05) is 138 Å². The van der Waals surface area contributed by atoms with Gasteiger partial charge in [-0.2, -0.15) is 0 Å². The monoisotopic (exact) mass is 574 g/mol. The molecule has 0 aromatic carbocycles. The minimum Gasteiger partial charge on any atom is -0.465 e. The Hall–Kier alpha value is 2.88. The van der Waals surface area contributed by atoms with Gasteiger partial charge in [0.15, 0.2) is 0 Å². The van der Waals surface area contributed by atoms with E-state index in [1.54, 1.807) is 0 Å². The van der Waals surface area contributed by atoms with Crippen molar-refractivity contribution in [2.45, 2.75) is 14.9 Å². The standard InChI is InChI=1S/C2H5NO2.CH5N.CH2O3.2CH4.H2O.4Y/c1-3-2(4)5;1-2;2-1(3)4;;;;;;;/h3H,1H3,(H,4,5);2H2,1H3;(H2,2,3,4);2*1H4;1H2;;;;. The summed E-state index contributed by atoms with van der Waals surface area (Å²) in [5.74, 6) is 0. The molecule has 0 aliphatic heterocycles. The van der Waals surface area contributed by atoms with Gasteiger partial charge in [0.2, 0.25) is 0 Å². The summed E-state index contributed by atoms with van der Waals surface area (Å²) in [7, 11) is 2.85. The van der Waals surface area contributed by atoms with E-state index in [1.807, 2.05) is 5.32 Å². The largest absolute Gasteiger partial charge is 0.503 e. The maximum Gasteiger partial charge on any atom is 0.503 e. The molecule has 0 saturated carbocycles. The van der Waals surface area contributed by atoms with Gasteiger partial charge in [-0.15, -0.1) is 0 Å². The van der Waals surface area contributed by atoms with Crippen LogP contribution in [-0.4, -0.2) is 47.1 Å². The summed E-state index contributed by atoms with van der Waals surface area (Å²) in [5, 5.41) is 23.5. The minimum absolute atomic E-state index is 0. The van der Waals surface area contributed by atoms with E-state index in [0.29, 0.717) is 0 Å². The number of nitrogens with one attached hydrogen (secondary N) is 1. The number of nitrogens with two attached hydrogens (primary N) is 1. The molecule has 0 rings (SSSR count). The van der Waals surface area contributed by atoms with Crippen molar-refractivity contribution in [3.63, 3.8) is 0 Å². The van der Waals surface area contributed by atoms with Crippen molar-refractivity contribution < 1.29 is 161 Å². The van der Waals surface area contributed by atoms with E-state index in [1.165, 1.54) is 14.1 Å². The van der Waals surface area contributed by atoms with Gasteiger partial charge in [-0.05, 0) is 7.05 Å². The molecular formula is C6H22N2O6Y4. The fourth-order valence-electron chi connectivity index (χ4n) is 0. The number of hydrogen-bond acceptors (Lipinski definition) is 3. The molecule has 8 nitrogen and oxygen atoms in total. The molecule has 0 spiro atoms. The molecule has 0 aliphatic rings. The first kappa shape index (κ1) is 69.7. The summed E-state index contributed by atoms with van der Waals surface area (Å²) in [6.45, 7) is 0. The Bertz CT molecular complexity index is 118. The zero-order valence-electron chi connectivity index (χ0n) is 9.04. The van der Waals surface area contributed by atoms with Crippen molar-refractivity contribution in [1.82, 2.24) is 5.32 Å². The topological polar surface area (TPSA) is 164 Å². The second-order valence-corrected chi connectivity index (χ2v) is 0.838. The molecule has 0 fully saturated rings. The second-order valence-electron chi connectivity index (χ2n) is 0.838.